The van der Waals surface area contributed by atoms with Crippen molar-refractivity contribution in [3.63, 3.8) is 0 Å². The van der Waals surface area contributed by atoms with Crippen molar-refractivity contribution in [1.29, 1.82) is 0 Å². The predicted molar refractivity (Wildman–Crippen MR) is 40.0 cm³/mol. The van der Waals surface area contributed by atoms with Crippen molar-refractivity contribution in [2.24, 2.45) is 0 Å². The molecule has 0 saturated heterocycles. The number of allylic oxidation sites excluding steroid dienone is 3. The fourth-order valence-corrected chi connectivity index (χ4v) is 0.826. The monoisotopic (exact) mass is 121 g/mol. The van der Waals surface area contributed by atoms with Crippen molar-refractivity contribution in [1.82, 2.24) is 5.32 Å². The number of rotatable bonds is 2. The minimum absolute atomic E-state index is 1.00. The van der Waals surface area contributed by atoms with Gasteiger partial charge in [0, 0.05) is 12.7 Å². The lowest BCUT2D eigenvalue weighted by Gasteiger charge is -2.01. The van der Waals surface area contributed by atoms with Crippen LogP contribution in [0.4, 0.5) is 0 Å². The van der Waals surface area contributed by atoms with E-state index in [1.165, 1.54) is 5.57 Å². The van der Waals surface area contributed by atoms with E-state index in [0.29, 0.717) is 0 Å². The maximum atomic E-state index is 3.82. The average molecular weight is 121 g/mol. The molecule has 0 radical (unpaired) electrons. The summed E-state index contributed by atoms with van der Waals surface area (Å²) in [6.07, 6.45) is 7.41. The van der Waals surface area contributed by atoms with E-state index in [9.17, 15) is 0 Å². The Balaban J connectivity index is 2.62. The second-order valence-electron chi connectivity index (χ2n) is 2.03. The molecule has 1 rings (SSSR count). The van der Waals surface area contributed by atoms with Gasteiger partial charge in [0.15, 0.2) is 0 Å². The fourth-order valence-electron chi connectivity index (χ4n) is 0.826. The summed E-state index contributed by atoms with van der Waals surface area (Å²) in [6.45, 7) is 3.82. The Morgan fingerprint density at radius 3 is 3.00 bits per heavy atom. The molecule has 1 nitrogen and oxygen atoms in total. The van der Waals surface area contributed by atoms with Crippen LogP contribution in [-0.2, 0) is 0 Å². The Morgan fingerprint density at radius 2 is 2.56 bits per heavy atom. The average Bonchev–Trinajstić information content (AvgIpc) is 2.37. The van der Waals surface area contributed by atoms with Crippen LogP contribution in [0.3, 0.4) is 0 Å². The molecule has 0 aliphatic heterocycles. The minimum Gasteiger partial charge on any atom is -0.388 e. The maximum Gasteiger partial charge on any atom is 0.0334 e. The SMILES string of the molecule is C=C(NC)C1=CCC=C1. The molecule has 0 fully saturated rings. The number of hydrogen-bond donors (Lipinski definition) is 1. The zero-order valence-electron chi connectivity index (χ0n) is 5.65. The van der Waals surface area contributed by atoms with E-state index >= 15 is 0 Å². The maximum absolute atomic E-state index is 3.82. The van der Waals surface area contributed by atoms with Gasteiger partial charge in [0.05, 0.1) is 0 Å². The van der Waals surface area contributed by atoms with Gasteiger partial charge in [0.2, 0.25) is 0 Å². The molecule has 0 unspecified atom stereocenters. The number of nitrogens with one attached hydrogen (secondary N) is 1. The summed E-state index contributed by atoms with van der Waals surface area (Å²) in [4.78, 5) is 0. The highest BCUT2D eigenvalue weighted by atomic mass is 14.8. The summed E-state index contributed by atoms with van der Waals surface area (Å²) >= 11 is 0. The molecule has 0 amide bonds. The topological polar surface area (TPSA) is 12.0 Å². The number of hydrogen-bond acceptors (Lipinski definition) is 1. The highest BCUT2D eigenvalue weighted by molar-refractivity contribution is 5.40. The molecule has 1 N–H and O–H groups in total. The van der Waals surface area contributed by atoms with Gasteiger partial charge in [-0.3, -0.25) is 0 Å². The first-order valence-electron chi connectivity index (χ1n) is 3.08. The molecule has 1 aliphatic carbocycles. The zero-order chi connectivity index (χ0) is 6.69. The molecular formula is C8H11N. The van der Waals surface area contributed by atoms with Gasteiger partial charge in [-0.05, 0) is 12.0 Å². The Bertz CT molecular complexity index is 175. The molecule has 0 saturated carbocycles. The highest BCUT2D eigenvalue weighted by Crippen LogP contribution is 2.13. The Kier molecular flexibility index (Phi) is 1.73. The van der Waals surface area contributed by atoms with Gasteiger partial charge in [-0.1, -0.05) is 24.8 Å². The van der Waals surface area contributed by atoms with Crippen LogP contribution in [0.5, 0.6) is 0 Å². The normalized spacial score (nSPS) is 15.4. The lowest BCUT2D eigenvalue weighted by Crippen LogP contribution is -2.04. The van der Waals surface area contributed by atoms with E-state index in [1.807, 2.05) is 7.05 Å². The van der Waals surface area contributed by atoms with Crippen LogP contribution in [0.15, 0.2) is 36.1 Å². The summed E-state index contributed by atoms with van der Waals surface area (Å²) in [6, 6.07) is 0. The first-order chi connectivity index (χ1) is 4.34. The quantitative estimate of drug-likeness (QED) is 0.585. The number of likely N-dealkylation sites (N-methyl/N-ethyl adjacent to an activating group) is 1. The van der Waals surface area contributed by atoms with Gasteiger partial charge >= 0.3 is 0 Å². The van der Waals surface area contributed by atoms with Gasteiger partial charge < -0.3 is 5.32 Å². The Hall–Kier alpha value is -0.980. The molecule has 1 heteroatoms. The van der Waals surface area contributed by atoms with E-state index in [1.54, 1.807) is 0 Å². The predicted octanol–water partition coefficient (Wildman–Crippen LogP) is 1.61. The van der Waals surface area contributed by atoms with E-state index in [2.05, 4.69) is 30.1 Å². The van der Waals surface area contributed by atoms with E-state index in [0.717, 1.165) is 12.1 Å². The molecule has 48 valence electrons. The van der Waals surface area contributed by atoms with Gasteiger partial charge in [-0.2, -0.15) is 0 Å². The Labute approximate surface area is 55.8 Å². The van der Waals surface area contributed by atoms with Crippen LogP contribution >= 0.6 is 0 Å². The molecule has 0 aromatic carbocycles. The first kappa shape index (κ1) is 6.14. The fraction of sp³-hybridized carbons (Fsp3) is 0.250. The third kappa shape index (κ3) is 1.22. The van der Waals surface area contributed by atoms with Gasteiger partial charge in [0.1, 0.15) is 0 Å². The summed E-state index contributed by atoms with van der Waals surface area (Å²) in [7, 11) is 1.88. The summed E-state index contributed by atoms with van der Waals surface area (Å²) in [5.41, 5.74) is 2.22. The Morgan fingerprint density at radius 1 is 1.78 bits per heavy atom. The lowest BCUT2D eigenvalue weighted by atomic mass is 10.2. The van der Waals surface area contributed by atoms with Crippen LogP contribution < -0.4 is 5.32 Å². The third-order valence-corrected chi connectivity index (χ3v) is 1.42. The molecule has 0 spiro atoms. The van der Waals surface area contributed by atoms with Crippen LogP contribution in [-0.4, -0.2) is 7.05 Å². The lowest BCUT2D eigenvalue weighted by molar-refractivity contribution is 1.02. The molecule has 1 aliphatic rings. The largest absolute Gasteiger partial charge is 0.388 e. The van der Waals surface area contributed by atoms with E-state index in [4.69, 9.17) is 0 Å². The smallest absolute Gasteiger partial charge is 0.0334 e. The van der Waals surface area contributed by atoms with Crippen LogP contribution in [0.2, 0.25) is 0 Å². The molecule has 0 aromatic heterocycles. The van der Waals surface area contributed by atoms with Crippen molar-refractivity contribution < 1.29 is 0 Å². The van der Waals surface area contributed by atoms with E-state index in [-0.39, 0.29) is 0 Å². The van der Waals surface area contributed by atoms with Crippen LogP contribution in [0, 0.1) is 0 Å². The second kappa shape index (κ2) is 2.53. The summed E-state index contributed by atoms with van der Waals surface area (Å²) in [5, 5.41) is 2.99. The van der Waals surface area contributed by atoms with Gasteiger partial charge in [0.25, 0.3) is 0 Å². The van der Waals surface area contributed by atoms with Crippen molar-refractivity contribution in [2.45, 2.75) is 6.42 Å². The molecule has 9 heavy (non-hydrogen) atoms. The van der Waals surface area contributed by atoms with Crippen LogP contribution in [0.1, 0.15) is 6.42 Å². The van der Waals surface area contributed by atoms with Crippen molar-refractivity contribution in [2.75, 3.05) is 7.05 Å². The van der Waals surface area contributed by atoms with Crippen LogP contribution in [0.25, 0.3) is 0 Å². The molecule has 0 bridgehead atoms. The molecule has 0 aromatic rings. The van der Waals surface area contributed by atoms with Gasteiger partial charge in [-0.15, -0.1) is 0 Å². The molecular weight excluding hydrogens is 110 g/mol. The summed E-state index contributed by atoms with van der Waals surface area (Å²) < 4.78 is 0. The second-order valence-corrected chi connectivity index (χ2v) is 2.03. The minimum atomic E-state index is 1.00. The first-order valence-corrected chi connectivity index (χ1v) is 3.08. The van der Waals surface area contributed by atoms with Crippen molar-refractivity contribution in [3.05, 3.63) is 36.1 Å². The van der Waals surface area contributed by atoms with E-state index < -0.39 is 0 Å². The molecule has 0 heterocycles. The van der Waals surface area contributed by atoms with Crippen molar-refractivity contribution in [3.8, 4) is 0 Å². The summed E-state index contributed by atoms with van der Waals surface area (Å²) in [5.74, 6) is 0. The van der Waals surface area contributed by atoms with Gasteiger partial charge in [-0.25, -0.2) is 0 Å². The highest BCUT2D eigenvalue weighted by Gasteiger charge is 1.98. The third-order valence-electron chi connectivity index (χ3n) is 1.42. The molecule has 0 atom stereocenters. The van der Waals surface area contributed by atoms with Crippen molar-refractivity contribution >= 4 is 0 Å². The zero-order valence-corrected chi connectivity index (χ0v) is 5.65. The standard InChI is InChI=1S/C8H11N/c1-7(9-2)8-5-3-4-6-8/h3,5-6,9H,1,4H2,2H3.